The molecule has 0 bridgehead atoms. The molecule has 0 unspecified atom stereocenters. The van der Waals surface area contributed by atoms with Gasteiger partial charge in [-0.3, -0.25) is 4.79 Å². The lowest BCUT2D eigenvalue weighted by molar-refractivity contribution is 0.0929. The summed E-state index contributed by atoms with van der Waals surface area (Å²) < 4.78 is 12.4. The van der Waals surface area contributed by atoms with Crippen LogP contribution in [0.3, 0.4) is 0 Å². The van der Waals surface area contributed by atoms with Crippen LogP contribution in [0, 0.1) is 0 Å². The van der Waals surface area contributed by atoms with E-state index in [4.69, 9.17) is 9.47 Å². The van der Waals surface area contributed by atoms with E-state index >= 15 is 0 Å². The minimum atomic E-state index is -0.112. The quantitative estimate of drug-likeness (QED) is 0.733. The maximum atomic E-state index is 12.8. The SMILES string of the molecule is COc1ccc(-c2ccnc3c(C(=O)NC4CCCCC4)cnn23)cc1OC. The number of fused-ring (bicyclic) bond motifs is 1. The lowest BCUT2D eigenvalue weighted by atomic mass is 9.95. The first-order chi connectivity index (χ1) is 13.7. The molecule has 2 aromatic heterocycles. The van der Waals surface area contributed by atoms with Crippen LogP contribution in [-0.2, 0) is 0 Å². The van der Waals surface area contributed by atoms with Gasteiger partial charge in [-0.25, -0.2) is 9.50 Å². The minimum absolute atomic E-state index is 0.112. The number of nitrogens with one attached hydrogen (secondary N) is 1. The average molecular weight is 380 g/mol. The van der Waals surface area contributed by atoms with Gasteiger partial charge < -0.3 is 14.8 Å². The maximum absolute atomic E-state index is 12.8. The fourth-order valence-corrected chi connectivity index (χ4v) is 3.78. The number of carbonyl (C=O) groups is 1. The number of aromatic nitrogens is 3. The summed E-state index contributed by atoms with van der Waals surface area (Å²) >= 11 is 0. The summed E-state index contributed by atoms with van der Waals surface area (Å²) in [7, 11) is 3.21. The van der Waals surface area contributed by atoms with Crippen molar-refractivity contribution in [2.24, 2.45) is 0 Å². The molecule has 1 aliphatic rings. The number of hydrogen-bond donors (Lipinski definition) is 1. The van der Waals surface area contributed by atoms with Gasteiger partial charge in [0.15, 0.2) is 17.1 Å². The van der Waals surface area contributed by atoms with Crippen molar-refractivity contribution < 1.29 is 14.3 Å². The van der Waals surface area contributed by atoms with E-state index in [-0.39, 0.29) is 11.9 Å². The Bertz CT molecular complexity index is 992. The molecule has 0 radical (unpaired) electrons. The molecule has 0 aliphatic heterocycles. The van der Waals surface area contributed by atoms with E-state index in [2.05, 4.69) is 15.4 Å². The van der Waals surface area contributed by atoms with Crippen molar-refractivity contribution in [3.8, 4) is 22.8 Å². The van der Waals surface area contributed by atoms with Crippen LogP contribution in [0.5, 0.6) is 11.5 Å². The second-order valence-corrected chi connectivity index (χ2v) is 7.00. The van der Waals surface area contributed by atoms with Gasteiger partial charge in [-0.05, 0) is 37.1 Å². The van der Waals surface area contributed by atoms with Gasteiger partial charge in [0.1, 0.15) is 5.56 Å². The third kappa shape index (κ3) is 3.40. The Morgan fingerprint density at radius 3 is 2.64 bits per heavy atom. The highest BCUT2D eigenvalue weighted by Crippen LogP contribution is 2.32. The summed E-state index contributed by atoms with van der Waals surface area (Å²) in [6, 6.07) is 7.77. The van der Waals surface area contributed by atoms with E-state index in [1.54, 1.807) is 31.1 Å². The summed E-state index contributed by atoms with van der Waals surface area (Å²) in [5, 5.41) is 7.57. The average Bonchev–Trinajstić information content (AvgIpc) is 3.18. The molecule has 0 spiro atoms. The first-order valence-electron chi connectivity index (χ1n) is 9.57. The second kappa shape index (κ2) is 7.88. The summed E-state index contributed by atoms with van der Waals surface area (Å²) in [5.74, 6) is 1.18. The molecule has 1 saturated carbocycles. The molecule has 1 fully saturated rings. The molecular weight excluding hydrogens is 356 g/mol. The normalized spacial score (nSPS) is 14.8. The van der Waals surface area contributed by atoms with Crippen molar-refractivity contribution >= 4 is 11.6 Å². The number of ether oxygens (including phenoxy) is 2. The fourth-order valence-electron chi connectivity index (χ4n) is 3.78. The Morgan fingerprint density at radius 1 is 1.11 bits per heavy atom. The van der Waals surface area contributed by atoms with Crippen LogP contribution in [-0.4, -0.2) is 40.8 Å². The minimum Gasteiger partial charge on any atom is -0.493 e. The summed E-state index contributed by atoms with van der Waals surface area (Å²) in [4.78, 5) is 17.2. The topological polar surface area (TPSA) is 77.8 Å². The monoisotopic (exact) mass is 380 g/mol. The molecule has 28 heavy (non-hydrogen) atoms. The van der Waals surface area contributed by atoms with E-state index in [9.17, 15) is 4.79 Å². The number of nitrogens with zero attached hydrogens (tertiary/aromatic N) is 3. The molecule has 1 amide bonds. The van der Waals surface area contributed by atoms with Gasteiger partial charge in [0.05, 0.1) is 26.1 Å². The molecule has 146 valence electrons. The highest BCUT2D eigenvalue weighted by molar-refractivity contribution is 6.00. The van der Waals surface area contributed by atoms with E-state index in [0.29, 0.717) is 22.7 Å². The Morgan fingerprint density at radius 2 is 1.89 bits per heavy atom. The van der Waals surface area contributed by atoms with Gasteiger partial charge >= 0.3 is 0 Å². The zero-order chi connectivity index (χ0) is 19.5. The molecule has 7 nitrogen and oxygen atoms in total. The van der Waals surface area contributed by atoms with Gasteiger partial charge in [-0.15, -0.1) is 0 Å². The van der Waals surface area contributed by atoms with E-state index in [1.165, 1.54) is 19.3 Å². The molecule has 3 aromatic rings. The predicted octanol–water partition coefficient (Wildman–Crippen LogP) is 3.48. The molecular formula is C21H24N4O3. The molecule has 7 heteroatoms. The van der Waals surface area contributed by atoms with Crippen molar-refractivity contribution in [3.63, 3.8) is 0 Å². The fraction of sp³-hybridized carbons (Fsp3) is 0.381. The molecule has 0 atom stereocenters. The van der Waals surface area contributed by atoms with Crippen molar-refractivity contribution in [3.05, 3.63) is 42.2 Å². The van der Waals surface area contributed by atoms with Gasteiger partial charge in [-0.1, -0.05) is 19.3 Å². The second-order valence-electron chi connectivity index (χ2n) is 7.00. The van der Waals surface area contributed by atoms with Crippen molar-refractivity contribution in [2.75, 3.05) is 14.2 Å². The van der Waals surface area contributed by atoms with Crippen LogP contribution >= 0.6 is 0 Å². The third-order valence-corrected chi connectivity index (χ3v) is 5.27. The Balaban J connectivity index is 1.68. The molecule has 0 saturated heterocycles. The maximum Gasteiger partial charge on any atom is 0.256 e. The highest BCUT2D eigenvalue weighted by Gasteiger charge is 2.21. The number of hydrogen-bond acceptors (Lipinski definition) is 5. The number of benzene rings is 1. The highest BCUT2D eigenvalue weighted by atomic mass is 16.5. The molecule has 4 rings (SSSR count). The number of carbonyl (C=O) groups excluding carboxylic acids is 1. The van der Waals surface area contributed by atoms with Crippen LogP contribution < -0.4 is 14.8 Å². The summed E-state index contributed by atoms with van der Waals surface area (Å²) in [6.07, 6.45) is 8.94. The Labute approximate surface area is 163 Å². The van der Waals surface area contributed by atoms with E-state index < -0.39 is 0 Å². The van der Waals surface area contributed by atoms with Crippen molar-refractivity contribution in [1.29, 1.82) is 0 Å². The summed E-state index contributed by atoms with van der Waals surface area (Å²) in [6.45, 7) is 0. The van der Waals surface area contributed by atoms with Crippen molar-refractivity contribution in [2.45, 2.75) is 38.1 Å². The standard InChI is InChI=1S/C21H24N4O3/c1-27-18-9-8-14(12-19(18)28-2)17-10-11-22-20-16(13-23-25(17)20)21(26)24-15-6-4-3-5-7-15/h8-13,15H,3-7H2,1-2H3,(H,24,26). The Kier molecular flexibility index (Phi) is 5.14. The van der Waals surface area contributed by atoms with Crippen LogP contribution in [0.4, 0.5) is 0 Å². The largest absolute Gasteiger partial charge is 0.493 e. The number of amides is 1. The molecule has 2 heterocycles. The zero-order valence-electron chi connectivity index (χ0n) is 16.1. The first kappa shape index (κ1) is 18.3. The van der Waals surface area contributed by atoms with Crippen LogP contribution in [0.15, 0.2) is 36.7 Å². The van der Waals surface area contributed by atoms with Gasteiger partial charge in [-0.2, -0.15) is 5.10 Å². The third-order valence-electron chi connectivity index (χ3n) is 5.27. The van der Waals surface area contributed by atoms with Crippen LogP contribution in [0.25, 0.3) is 16.9 Å². The van der Waals surface area contributed by atoms with Gasteiger partial charge in [0.2, 0.25) is 0 Å². The molecule has 1 aromatic carbocycles. The Hall–Kier alpha value is -3.09. The van der Waals surface area contributed by atoms with E-state index in [0.717, 1.165) is 24.1 Å². The molecule has 1 N–H and O–H groups in total. The van der Waals surface area contributed by atoms with Crippen LogP contribution in [0.1, 0.15) is 42.5 Å². The smallest absolute Gasteiger partial charge is 0.256 e. The first-order valence-corrected chi connectivity index (χ1v) is 9.57. The summed E-state index contributed by atoms with van der Waals surface area (Å²) in [5.41, 5.74) is 2.75. The van der Waals surface area contributed by atoms with Gasteiger partial charge in [0.25, 0.3) is 5.91 Å². The van der Waals surface area contributed by atoms with Crippen molar-refractivity contribution in [1.82, 2.24) is 19.9 Å². The van der Waals surface area contributed by atoms with Crippen LogP contribution in [0.2, 0.25) is 0 Å². The number of rotatable bonds is 5. The predicted molar refractivity (Wildman–Crippen MR) is 106 cm³/mol. The molecule has 1 aliphatic carbocycles. The number of methoxy groups -OCH3 is 2. The lowest BCUT2D eigenvalue weighted by Crippen LogP contribution is -2.36. The van der Waals surface area contributed by atoms with Gasteiger partial charge in [0, 0.05) is 17.8 Å². The lowest BCUT2D eigenvalue weighted by Gasteiger charge is -2.22. The zero-order valence-corrected chi connectivity index (χ0v) is 16.1. The van der Waals surface area contributed by atoms with E-state index in [1.807, 2.05) is 24.3 Å².